The van der Waals surface area contributed by atoms with E-state index in [1.54, 1.807) is 29.8 Å². The van der Waals surface area contributed by atoms with Gasteiger partial charge in [-0.1, -0.05) is 11.6 Å². The number of aliphatic hydroxyl groups excluding tert-OH is 1. The van der Waals surface area contributed by atoms with Gasteiger partial charge in [0.15, 0.2) is 0 Å². The molecule has 1 aliphatic heterocycles. The largest absolute Gasteiger partial charge is 0.392 e. The zero-order valence-corrected chi connectivity index (χ0v) is 19.3. The summed E-state index contributed by atoms with van der Waals surface area (Å²) in [6, 6.07) is 4.55. The SMILES string of the molecule is O[C@H]1CCN(CCn2cc3c(n2)CCc2c-3sc3ncnc(Nc4ccc(F)c(Cl)c4)c23)C1. The Morgan fingerprint density at radius 1 is 1.24 bits per heavy atom. The molecule has 4 heterocycles. The van der Waals surface area contributed by atoms with Crippen LogP contribution >= 0.6 is 22.9 Å². The predicted octanol–water partition coefficient (Wildman–Crippen LogP) is 4.26. The van der Waals surface area contributed by atoms with Crippen molar-refractivity contribution in [3.8, 4) is 10.4 Å². The number of fused-ring (bicyclic) bond motifs is 5. The summed E-state index contributed by atoms with van der Waals surface area (Å²) in [6.45, 7) is 3.38. The molecule has 2 N–H and O–H groups in total. The van der Waals surface area contributed by atoms with E-state index in [0.717, 1.165) is 66.9 Å². The van der Waals surface area contributed by atoms with Crippen LogP contribution < -0.4 is 5.32 Å². The molecule has 1 saturated heterocycles. The number of hydrogen-bond donors (Lipinski definition) is 2. The molecule has 1 aromatic carbocycles. The average Bonchev–Trinajstić information content (AvgIpc) is 3.50. The number of aliphatic hydroxyl groups is 1. The van der Waals surface area contributed by atoms with Crippen molar-refractivity contribution in [1.82, 2.24) is 24.6 Å². The third kappa shape index (κ3) is 3.89. The van der Waals surface area contributed by atoms with E-state index in [9.17, 15) is 9.50 Å². The van der Waals surface area contributed by atoms with Crippen molar-refractivity contribution in [2.45, 2.75) is 31.9 Å². The molecule has 2 aliphatic rings. The molecule has 0 bridgehead atoms. The Bertz CT molecular complexity index is 1350. The van der Waals surface area contributed by atoms with Crippen LogP contribution in [0.1, 0.15) is 17.7 Å². The number of anilines is 2. The van der Waals surface area contributed by atoms with Crippen molar-refractivity contribution in [3.63, 3.8) is 0 Å². The Morgan fingerprint density at radius 3 is 2.97 bits per heavy atom. The summed E-state index contributed by atoms with van der Waals surface area (Å²) in [5.74, 6) is 0.247. The third-order valence-corrected chi connectivity index (χ3v) is 7.82. The van der Waals surface area contributed by atoms with Gasteiger partial charge in [-0.05, 0) is 43.0 Å². The number of thiophene rings is 1. The minimum atomic E-state index is -0.451. The van der Waals surface area contributed by atoms with Gasteiger partial charge in [0, 0.05) is 42.0 Å². The number of nitrogens with one attached hydrogen (secondary N) is 1. The Kier molecular flexibility index (Phi) is 5.29. The Morgan fingerprint density at radius 2 is 2.15 bits per heavy atom. The highest BCUT2D eigenvalue weighted by Crippen LogP contribution is 2.45. The third-order valence-electron chi connectivity index (χ3n) is 6.36. The molecule has 1 fully saturated rings. The van der Waals surface area contributed by atoms with E-state index in [1.165, 1.54) is 16.5 Å². The molecule has 0 radical (unpaired) electrons. The summed E-state index contributed by atoms with van der Waals surface area (Å²) in [5, 5.41) is 19.0. The number of halogens is 2. The van der Waals surface area contributed by atoms with Crippen LogP contribution in [0.2, 0.25) is 5.02 Å². The smallest absolute Gasteiger partial charge is 0.142 e. The van der Waals surface area contributed by atoms with E-state index in [4.69, 9.17) is 16.7 Å². The fourth-order valence-corrected chi connectivity index (χ4v) is 6.11. The monoisotopic (exact) mass is 484 g/mol. The summed E-state index contributed by atoms with van der Waals surface area (Å²) < 4.78 is 15.6. The molecule has 1 aliphatic carbocycles. The van der Waals surface area contributed by atoms with Crippen molar-refractivity contribution in [2.75, 3.05) is 25.0 Å². The van der Waals surface area contributed by atoms with Gasteiger partial charge < -0.3 is 10.4 Å². The van der Waals surface area contributed by atoms with Crippen molar-refractivity contribution in [1.29, 1.82) is 0 Å². The summed E-state index contributed by atoms with van der Waals surface area (Å²) in [7, 11) is 0. The lowest BCUT2D eigenvalue weighted by Crippen LogP contribution is -2.26. The van der Waals surface area contributed by atoms with E-state index in [-0.39, 0.29) is 11.1 Å². The van der Waals surface area contributed by atoms with E-state index in [2.05, 4.69) is 26.4 Å². The molecule has 6 rings (SSSR count). The maximum Gasteiger partial charge on any atom is 0.142 e. The Hall–Kier alpha value is -2.59. The number of aryl methyl sites for hydroxylation is 2. The fourth-order valence-electron chi connectivity index (χ4n) is 4.70. The normalized spacial score (nSPS) is 18.0. The van der Waals surface area contributed by atoms with Crippen molar-refractivity contribution in [3.05, 3.63) is 52.8 Å². The molecule has 4 aromatic rings. The van der Waals surface area contributed by atoms with Crippen molar-refractivity contribution < 1.29 is 9.50 Å². The van der Waals surface area contributed by atoms with Gasteiger partial charge in [0.05, 0.1) is 28.8 Å². The highest BCUT2D eigenvalue weighted by molar-refractivity contribution is 7.22. The molecular weight excluding hydrogens is 463 g/mol. The van der Waals surface area contributed by atoms with Gasteiger partial charge in [-0.15, -0.1) is 11.3 Å². The maximum atomic E-state index is 13.6. The number of nitrogens with zero attached hydrogens (tertiary/aromatic N) is 5. The number of β-amino-alcohol motifs (C(OH)–C–C–N with tert-alkyl or cyclic N) is 1. The highest BCUT2D eigenvalue weighted by atomic mass is 35.5. The van der Waals surface area contributed by atoms with E-state index < -0.39 is 5.82 Å². The van der Waals surface area contributed by atoms with Crippen molar-refractivity contribution in [2.24, 2.45) is 0 Å². The van der Waals surface area contributed by atoms with E-state index in [1.807, 2.05) is 4.68 Å². The van der Waals surface area contributed by atoms with Crippen LogP contribution in [0, 0.1) is 5.82 Å². The summed E-state index contributed by atoms with van der Waals surface area (Å²) in [5.41, 5.74) is 4.18. The first-order valence-corrected chi connectivity index (χ1v) is 12.2. The van der Waals surface area contributed by atoms with E-state index >= 15 is 0 Å². The first-order chi connectivity index (χ1) is 16.0. The molecule has 3 aromatic heterocycles. The van der Waals surface area contributed by atoms with Crippen LogP contribution in [0.5, 0.6) is 0 Å². The molecular formula is C23H22ClFN6OS. The van der Waals surface area contributed by atoms with Gasteiger partial charge in [-0.2, -0.15) is 5.10 Å². The Balaban J connectivity index is 1.31. The van der Waals surface area contributed by atoms with Gasteiger partial charge in [-0.3, -0.25) is 9.58 Å². The van der Waals surface area contributed by atoms with Gasteiger partial charge >= 0.3 is 0 Å². The fraction of sp³-hybridized carbons (Fsp3) is 0.348. The van der Waals surface area contributed by atoms with Crippen molar-refractivity contribution >= 4 is 44.7 Å². The number of hydrogen-bond acceptors (Lipinski definition) is 7. The molecule has 33 heavy (non-hydrogen) atoms. The number of aromatic nitrogens is 4. The molecule has 170 valence electrons. The minimum Gasteiger partial charge on any atom is -0.392 e. The zero-order chi connectivity index (χ0) is 22.5. The topological polar surface area (TPSA) is 79.1 Å². The zero-order valence-electron chi connectivity index (χ0n) is 17.8. The van der Waals surface area contributed by atoms with Crippen LogP contribution in [0.15, 0.2) is 30.7 Å². The first kappa shape index (κ1) is 21.0. The maximum absolute atomic E-state index is 13.6. The average molecular weight is 485 g/mol. The second kappa shape index (κ2) is 8.32. The lowest BCUT2D eigenvalue weighted by Gasteiger charge is -2.14. The standard InChI is InChI=1S/C23H22ClFN6OS/c24-17-9-13(1-3-18(17)25)28-22-20-15-2-4-19-16(21(15)33-23(20)27-12-26-22)11-31(29-19)8-7-30-6-5-14(32)10-30/h1,3,9,11-12,14,32H,2,4-8,10H2,(H,26,27,28)/t14-/m0/s1. The second-order valence-corrected chi connectivity index (χ2v) is 9.97. The summed E-state index contributed by atoms with van der Waals surface area (Å²) in [6.07, 6.45) is 6.06. The predicted molar refractivity (Wildman–Crippen MR) is 128 cm³/mol. The molecule has 0 saturated carbocycles. The molecule has 1 atom stereocenters. The second-order valence-electron chi connectivity index (χ2n) is 8.56. The van der Waals surface area contributed by atoms with Gasteiger partial charge in [0.2, 0.25) is 0 Å². The van der Waals surface area contributed by atoms with Crippen LogP contribution in [0.4, 0.5) is 15.9 Å². The molecule has 0 unspecified atom stereocenters. The Labute approximate surface area is 198 Å². The van der Waals surface area contributed by atoms with Gasteiger partial charge in [-0.25, -0.2) is 14.4 Å². The summed E-state index contributed by atoms with van der Waals surface area (Å²) >= 11 is 7.61. The molecule has 7 nitrogen and oxygen atoms in total. The molecule has 10 heteroatoms. The number of likely N-dealkylation sites (tertiary alicyclic amines) is 1. The van der Waals surface area contributed by atoms with Crippen LogP contribution in [-0.4, -0.2) is 55.5 Å². The van der Waals surface area contributed by atoms with Gasteiger partial charge in [0.25, 0.3) is 0 Å². The molecule has 0 amide bonds. The van der Waals surface area contributed by atoms with Gasteiger partial charge in [0.1, 0.15) is 22.8 Å². The van der Waals surface area contributed by atoms with Crippen LogP contribution in [-0.2, 0) is 19.4 Å². The van der Waals surface area contributed by atoms with Crippen LogP contribution in [0.25, 0.3) is 20.7 Å². The lowest BCUT2D eigenvalue weighted by atomic mass is 9.95. The number of benzene rings is 1. The minimum absolute atomic E-state index is 0.0677. The summed E-state index contributed by atoms with van der Waals surface area (Å²) in [4.78, 5) is 13.4. The first-order valence-electron chi connectivity index (χ1n) is 11.0. The lowest BCUT2D eigenvalue weighted by molar-refractivity contribution is 0.174. The highest BCUT2D eigenvalue weighted by Gasteiger charge is 2.27. The number of rotatable bonds is 5. The molecule has 0 spiro atoms. The quantitative estimate of drug-likeness (QED) is 0.441. The van der Waals surface area contributed by atoms with E-state index in [0.29, 0.717) is 11.5 Å². The van der Waals surface area contributed by atoms with Crippen LogP contribution in [0.3, 0.4) is 0 Å².